The van der Waals surface area contributed by atoms with Gasteiger partial charge < -0.3 is 0 Å². The molecule has 3 heteroatoms. The Kier molecular flexibility index (Phi) is 4.14. The molecule has 0 spiro atoms. The summed E-state index contributed by atoms with van der Waals surface area (Å²) in [6, 6.07) is 14.3. The lowest BCUT2D eigenvalue weighted by atomic mass is 10.1. The average Bonchev–Trinajstić information content (AvgIpc) is 2.48. The second-order valence-corrected chi connectivity index (χ2v) is 8.32. The number of carbonyl (C=O) groups excluding carboxylic acids is 1. The van der Waals surface area contributed by atoms with E-state index in [1.54, 1.807) is 0 Å². The molecule has 98 valence electrons. The molecule has 19 heavy (non-hydrogen) atoms. The normalized spacial score (nSPS) is 16.6. The fourth-order valence-corrected chi connectivity index (χ4v) is 6.40. The molecule has 0 saturated carbocycles. The highest BCUT2D eigenvalue weighted by atomic mass is 32.2. The molecule has 0 unspecified atom stereocenters. The van der Waals surface area contributed by atoms with Crippen LogP contribution in [0.2, 0.25) is 0 Å². The zero-order valence-corrected chi connectivity index (χ0v) is 12.4. The molecule has 0 radical (unpaired) electrons. The topological polar surface area (TPSA) is 17.1 Å². The zero-order valence-electron chi connectivity index (χ0n) is 10.8. The van der Waals surface area contributed by atoms with Gasteiger partial charge in [0.15, 0.2) is 5.75 Å². The largest absolute Gasteiger partial charge is 0.289 e. The lowest BCUT2D eigenvalue weighted by molar-refractivity contribution is 0.102. The molecule has 1 saturated heterocycles. The first-order valence-corrected chi connectivity index (χ1v) is 9.45. The molecule has 2 aromatic rings. The van der Waals surface area contributed by atoms with Gasteiger partial charge in [-0.05, 0) is 27.7 Å². The Balaban J connectivity index is 1.77. The van der Waals surface area contributed by atoms with Gasteiger partial charge in [0.2, 0.25) is 5.78 Å². The number of ketones is 1. The fourth-order valence-electron chi connectivity index (χ4n) is 2.33. The quantitative estimate of drug-likeness (QED) is 0.636. The summed E-state index contributed by atoms with van der Waals surface area (Å²) in [5, 5.41) is 2.37. The number of carbonyl (C=O) groups is 1. The Bertz CT molecular complexity index is 588. The molecule has 3 rings (SSSR count). The molecule has 0 bridgehead atoms. The van der Waals surface area contributed by atoms with Crippen molar-refractivity contribution in [1.82, 2.24) is 0 Å². The first kappa shape index (κ1) is 13.1. The van der Waals surface area contributed by atoms with Crippen LogP contribution in [0.25, 0.3) is 10.8 Å². The summed E-state index contributed by atoms with van der Waals surface area (Å²) >= 11 is 2.02. The van der Waals surface area contributed by atoms with E-state index in [1.807, 2.05) is 36.0 Å². The number of Topliss-reactive ketones (excluding diaryl/α,β-unsaturated/α-hetero) is 1. The molecule has 0 aliphatic carbocycles. The number of benzene rings is 2. The predicted octanol–water partition coefficient (Wildman–Crippen LogP) is 3.39. The average molecular weight is 289 g/mol. The van der Waals surface area contributed by atoms with Crippen LogP contribution in [-0.4, -0.2) is 34.5 Å². The van der Waals surface area contributed by atoms with Crippen LogP contribution in [0, 0.1) is 0 Å². The molecule has 1 nitrogen and oxygen atoms in total. The third kappa shape index (κ3) is 3.15. The van der Waals surface area contributed by atoms with E-state index in [0.717, 1.165) is 16.7 Å². The van der Waals surface area contributed by atoms with Crippen molar-refractivity contribution in [2.24, 2.45) is 0 Å². The third-order valence-corrected chi connectivity index (χ3v) is 7.18. The summed E-state index contributed by atoms with van der Waals surface area (Å²) in [4.78, 5) is 12.4. The van der Waals surface area contributed by atoms with Gasteiger partial charge in [-0.15, -0.1) is 0 Å². The molecule has 0 N–H and O–H groups in total. The lowest BCUT2D eigenvalue weighted by Gasteiger charge is -2.12. The SMILES string of the molecule is O=C(C[S+]1CCSCC1)c1ccc2ccccc2c1. The standard InChI is InChI=1S/C16H17OS2/c17-16(12-19-9-7-18-8-10-19)15-6-5-13-3-1-2-4-14(13)11-15/h1-6,11H,7-10,12H2/q+1. The third-order valence-electron chi connectivity index (χ3n) is 3.44. The van der Waals surface area contributed by atoms with Gasteiger partial charge in [-0.1, -0.05) is 36.4 Å². The minimum absolute atomic E-state index is 0.320. The van der Waals surface area contributed by atoms with Crippen LogP contribution in [0.15, 0.2) is 42.5 Å². The maximum Gasteiger partial charge on any atom is 0.211 e. The van der Waals surface area contributed by atoms with E-state index in [1.165, 1.54) is 28.4 Å². The monoisotopic (exact) mass is 289 g/mol. The summed E-state index contributed by atoms with van der Waals surface area (Å²) < 4.78 is 0. The second-order valence-electron chi connectivity index (χ2n) is 4.76. The lowest BCUT2D eigenvalue weighted by Crippen LogP contribution is -2.28. The Hall–Kier alpha value is -0.930. The van der Waals surface area contributed by atoms with E-state index in [-0.39, 0.29) is 0 Å². The highest BCUT2D eigenvalue weighted by molar-refractivity contribution is 8.05. The van der Waals surface area contributed by atoms with Crippen molar-refractivity contribution in [1.29, 1.82) is 0 Å². The van der Waals surface area contributed by atoms with Gasteiger partial charge in [-0.2, -0.15) is 11.8 Å². The number of fused-ring (bicyclic) bond motifs is 1. The van der Waals surface area contributed by atoms with Gasteiger partial charge >= 0.3 is 0 Å². The summed E-state index contributed by atoms with van der Waals surface area (Å²) in [6.07, 6.45) is 0. The van der Waals surface area contributed by atoms with Gasteiger partial charge in [0, 0.05) is 17.1 Å². The van der Waals surface area contributed by atoms with Crippen LogP contribution in [0.1, 0.15) is 10.4 Å². The van der Waals surface area contributed by atoms with Crippen molar-refractivity contribution in [3.05, 3.63) is 48.0 Å². The van der Waals surface area contributed by atoms with Crippen LogP contribution in [0.3, 0.4) is 0 Å². The summed E-state index contributed by atoms with van der Waals surface area (Å²) in [7, 11) is 0.321. The van der Waals surface area contributed by atoms with Crippen molar-refractivity contribution in [2.45, 2.75) is 0 Å². The van der Waals surface area contributed by atoms with E-state index in [4.69, 9.17) is 0 Å². The van der Waals surface area contributed by atoms with E-state index < -0.39 is 0 Å². The molecule has 1 aliphatic heterocycles. The Morgan fingerprint density at radius 2 is 1.79 bits per heavy atom. The minimum atomic E-state index is 0.320. The molecule has 2 aromatic carbocycles. The molecule has 1 heterocycles. The number of rotatable bonds is 3. The van der Waals surface area contributed by atoms with E-state index in [2.05, 4.69) is 18.2 Å². The van der Waals surface area contributed by atoms with E-state index in [0.29, 0.717) is 16.7 Å². The molecular weight excluding hydrogens is 272 g/mol. The molecule has 0 amide bonds. The molecule has 1 fully saturated rings. The number of thioether (sulfide) groups is 1. The van der Waals surface area contributed by atoms with Crippen LogP contribution in [-0.2, 0) is 10.9 Å². The summed E-state index contributed by atoms with van der Waals surface area (Å²) in [5.41, 5.74) is 0.879. The van der Waals surface area contributed by atoms with Gasteiger partial charge in [0.1, 0.15) is 11.5 Å². The molecular formula is C16H17OS2+. The maximum absolute atomic E-state index is 12.4. The van der Waals surface area contributed by atoms with Crippen molar-refractivity contribution < 1.29 is 4.79 Å². The molecule has 0 atom stereocenters. The van der Waals surface area contributed by atoms with Crippen LogP contribution >= 0.6 is 11.8 Å². The van der Waals surface area contributed by atoms with Gasteiger partial charge in [0.25, 0.3) is 0 Å². The zero-order chi connectivity index (χ0) is 13.1. The highest BCUT2D eigenvalue weighted by Gasteiger charge is 2.25. The maximum atomic E-state index is 12.4. The highest BCUT2D eigenvalue weighted by Crippen LogP contribution is 2.18. The Morgan fingerprint density at radius 1 is 1.05 bits per heavy atom. The molecule has 0 aromatic heterocycles. The second kappa shape index (κ2) is 6.02. The molecule has 1 aliphatic rings. The van der Waals surface area contributed by atoms with Crippen molar-refractivity contribution in [3.63, 3.8) is 0 Å². The van der Waals surface area contributed by atoms with Crippen molar-refractivity contribution >= 4 is 39.2 Å². The van der Waals surface area contributed by atoms with Crippen LogP contribution in [0.5, 0.6) is 0 Å². The van der Waals surface area contributed by atoms with Crippen LogP contribution < -0.4 is 0 Å². The van der Waals surface area contributed by atoms with Gasteiger partial charge in [-0.25, -0.2) is 0 Å². The van der Waals surface area contributed by atoms with Crippen molar-refractivity contribution in [3.8, 4) is 0 Å². The number of hydrogen-bond donors (Lipinski definition) is 0. The van der Waals surface area contributed by atoms with Gasteiger partial charge in [0.05, 0.1) is 0 Å². The number of hydrogen-bond acceptors (Lipinski definition) is 2. The van der Waals surface area contributed by atoms with E-state index >= 15 is 0 Å². The first-order chi connectivity index (χ1) is 9.33. The Morgan fingerprint density at radius 3 is 2.58 bits per heavy atom. The first-order valence-electron chi connectivity index (χ1n) is 6.57. The summed E-state index contributed by atoms with van der Waals surface area (Å²) in [5.74, 6) is 5.98. The smallest absolute Gasteiger partial charge is 0.211 e. The predicted molar refractivity (Wildman–Crippen MR) is 87.6 cm³/mol. The Labute approximate surface area is 121 Å². The minimum Gasteiger partial charge on any atom is -0.289 e. The van der Waals surface area contributed by atoms with E-state index in [9.17, 15) is 4.79 Å². The summed E-state index contributed by atoms with van der Waals surface area (Å²) in [6.45, 7) is 0. The van der Waals surface area contributed by atoms with Crippen molar-refractivity contribution in [2.75, 3.05) is 28.8 Å². The fraction of sp³-hybridized carbons (Fsp3) is 0.312. The van der Waals surface area contributed by atoms with Crippen LogP contribution in [0.4, 0.5) is 0 Å². The van der Waals surface area contributed by atoms with Gasteiger partial charge in [-0.3, -0.25) is 4.79 Å².